The molecule has 0 bridgehead atoms. The Bertz CT molecular complexity index is 611. The molecule has 0 aliphatic carbocycles. The van der Waals surface area contributed by atoms with E-state index in [0.29, 0.717) is 51.7 Å². The lowest BCUT2D eigenvalue weighted by atomic mass is 10.0. The van der Waals surface area contributed by atoms with Crippen LogP contribution < -0.4 is 0 Å². The normalized spacial score (nSPS) is 24.9. The van der Waals surface area contributed by atoms with Crippen molar-refractivity contribution in [2.24, 2.45) is 0 Å². The molecule has 2 fully saturated rings. The van der Waals surface area contributed by atoms with Crippen molar-refractivity contribution in [2.75, 3.05) is 46.0 Å². The van der Waals surface area contributed by atoms with E-state index < -0.39 is 5.60 Å². The maximum Gasteiger partial charge on any atom is 0.272 e. The topological polar surface area (TPSA) is 76.9 Å². The second kappa shape index (κ2) is 6.90. The van der Waals surface area contributed by atoms with Gasteiger partial charge in [-0.1, -0.05) is 0 Å². The van der Waals surface area contributed by atoms with Crippen molar-refractivity contribution in [3.63, 3.8) is 0 Å². The highest BCUT2D eigenvalue weighted by atomic mass is 16.5. The molecule has 2 amide bonds. The van der Waals surface area contributed by atoms with E-state index in [1.165, 1.54) is 0 Å². The molecule has 0 spiro atoms. The smallest absolute Gasteiger partial charge is 0.272 e. The third-order valence-electron chi connectivity index (χ3n) is 4.55. The third-order valence-corrected chi connectivity index (χ3v) is 4.55. The van der Waals surface area contributed by atoms with Gasteiger partial charge in [0.2, 0.25) is 0 Å². The van der Waals surface area contributed by atoms with Crippen LogP contribution in [0.4, 0.5) is 0 Å². The highest BCUT2D eigenvalue weighted by Crippen LogP contribution is 2.22. The second-order valence-corrected chi connectivity index (χ2v) is 6.24. The van der Waals surface area contributed by atoms with E-state index in [9.17, 15) is 9.59 Å². The second-order valence-electron chi connectivity index (χ2n) is 6.24. The van der Waals surface area contributed by atoms with Gasteiger partial charge in [-0.05, 0) is 19.9 Å². The molecule has 132 valence electrons. The Morgan fingerprint density at radius 1 is 1.21 bits per heavy atom. The molecule has 2 aliphatic rings. The average Bonchev–Trinajstić information content (AvgIpc) is 3.10. The van der Waals surface area contributed by atoms with Crippen molar-refractivity contribution in [2.45, 2.75) is 26.0 Å². The molecule has 2 saturated heterocycles. The van der Waals surface area contributed by atoms with Gasteiger partial charge in [-0.2, -0.15) is 5.10 Å². The Labute approximate surface area is 141 Å². The highest BCUT2D eigenvalue weighted by Gasteiger charge is 2.43. The number of hydrogen-bond donors (Lipinski definition) is 0. The first-order valence-corrected chi connectivity index (χ1v) is 8.37. The molecule has 8 heteroatoms. The number of aryl methyl sites for hydroxylation is 1. The maximum absolute atomic E-state index is 12.8. The van der Waals surface area contributed by atoms with Crippen molar-refractivity contribution in [1.82, 2.24) is 19.6 Å². The Morgan fingerprint density at radius 2 is 1.92 bits per heavy atom. The molecule has 8 nitrogen and oxygen atoms in total. The molecule has 3 heterocycles. The monoisotopic (exact) mass is 336 g/mol. The Balaban J connectivity index is 1.73. The number of amides is 2. The SMILES string of the molecule is CCn1nccc1C(=O)N1CCO[C@@](C)(C(=O)N2CCOCC2)C1. The number of nitrogens with zero attached hydrogens (tertiary/aromatic N) is 4. The van der Waals surface area contributed by atoms with Crippen LogP contribution in [-0.2, 0) is 20.8 Å². The van der Waals surface area contributed by atoms with Crippen LogP contribution in [0.2, 0.25) is 0 Å². The van der Waals surface area contributed by atoms with Crippen molar-refractivity contribution in [1.29, 1.82) is 0 Å². The molecule has 1 atom stereocenters. The lowest BCUT2D eigenvalue weighted by molar-refractivity contribution is -0.168. The molecule has 0 unspecified atom stereocenters. The highest BCUT2D eigenvalue weighted by molar-refractivity contribution is 5.94. The van der Waals surface area contributed by atoms with Crippen LogP contribution in [-0.4, -0.2) is 83.0 Å². The zero-order valence-electron chi connectivity index (χ0n) is 14.2. The van der Waals surface area contributed by atoms with Gasteiger partial charge in [-0.15, -0.1) is 0 Å². The molecule has 3 rings (SSSR count). The quantitative estimate of drug-likeness (QED) is 0.776. The summed E-state index contributed by atoms with van der Waals surface area (Å²) >= 11 is 0. The molecular formula is C16H24N4O4. The van der Waals surface area contributed by atoms with E-state index in [4.69, 9.17) is 9.47 Å². The lowest BCUT2D eigenvalue weighted by Crippen LogP contribution is -2.61. The van der Waals surface area contributed by atoms with E-state index in [2.05, 4.69) is 5.10 Å². The third kappa shape index (κ3) is 3.16. The maximum atomic E-state index is 12.8. The number of carbonyl (C=O) groups is 2. The number of morpholine rings is 2. The summed E-state index contributed by atoms with van der Waals surface area (Å²) in [5.41, 5.74) is -0.469. The van der Waals surface area contributed by atoms with Crippen LogP contribution in [0.1, 0.15) is 24.3 Å². The lowest BCUT2D eigenvalue weighted by Gasteiger charge is -2.42. The summed E-state index contributed by atoms with van der Waals surface area (Å²) in [5.74, 6) is -0.189. The summed E-state index contributed by atoms with van der Waals surface area (Å²) in [6.45, 7) is 7.61. The Hall–Kier alpha value is -1.93. The van der Waals surface area contributed by atoms with Crippen LogP contribution >= 0.6 is 0 Å². The average molecular weight is 336 g/mol. The van der Waals surface area contributed by atoms with Crippen LogP contribution in [0.3, 0.4) is 0 Å². The number of hydrogen-bond acceptors (Lipinski definition) is 5. The fraction of sp³-hybridized carbons (Fsp3) is 0.688. The number of ether oxygens (including phenoxy) is 2. The summed E-state index contributed by atoms with van der Waals surface area (Å²) in [7, 11) is 0. The summed E-state index contributed by atoms with van der Waals surface area (Å²) in [6, 6.07) is 1.71. The van der Waals surface area contributed by atoms with Crippen molar-refractivity contribution >= 4 is 11.8 Å². The fourth-order valence-electron chi connectivity index (χ4n) is 3.20. The van der Waals surface area contributed by atoms with Crippen LogP contribution in [0, 0.1) is 0 Å². The van der Waals surface area contributed by atoms with Gasteiger partial charge in [0, 0.05) is 32.4 Å². The molecule has 1 aromatic rings. The van der Waals surface area contributed by atoms with Gasteiger partial charge in [0.15, 0.2) is 5.60 Å². The van der Waals surface area contributed by atoms with Gasteiger partial charge in [-0.25, -0.2) is 0 Å². The minimum atomic E-state index is -1.01. The minimum Gasteiger partial charge on any atom is -0.378 e. The van der Waals surface area contributed by atoms with Gasteiger partial charge in [0.25, 0.3) is 11.8 Å². The van der Waals surface area contributed by atoms with E-state index in [0.717, 1.165) is 0 Å². The van der Waals surface area contributed by atoms with E-state index in [1.54, 1.807) is 33.7 Å². The van der Waals surface area contributed by atoms with Crippen molar-refractivity contribution in [3.8, 4) is 0 Å². The first-order valence-electron chi connectivity index (χ1n) is 8.37. The predicted octanol–water partition coefficient (Wildman–Crippen LogP) is -0.00710. The number of aromatic nitrogens is 2. The zero-order chi connectivity index (χ0) is 17.2. The standard InChI is InChI=1S/C16H24N4O4/c1-3-20-13(4-5-17-20)14(21)19-8-11-24-16(2,12-19)15(22)18-6-9-23-10-7-18/h4-5H,3,6-12H2,1-2H3/t16-/m1/s1. The number of carbonyl (C=O) groups excluding carboxylic acids is 2. The molecule has 0 radical (unpaired) electrons. The van der Waals surface area contributed by atoms with E-state index in [1.807, 2.05) is 6.92 Å². The molecule has 2 aliphatic heterocycles. The molecular weight excluding hydrogens is 312 g/mol. The van der Waals surface area contributed by atoms with Crippen LogP contribution in [0.15, 0.2) is 12.3 Å². The minimum absolute atomic E-state index is 0.0766. The van der Waals surface area contributed by atoms with Gasteiger partial charge in [0.1, 0.15) is 5.69 Å². The van der Waals surface area contributed by atoms with Gasteiger partial charge in [0.05, 0.1) is 26.4 Å². The van der Waals surface area contributed by atoms with Crippen molar-refractivity contribution < 1.29 is 19.1 Å². The predicted molar refractivity (Wildman–Crippen MR) is 85.6 cm³/mol. The van der Waals surface area contributed by atoms with E-state index in [-0.39, 0.29) is 18.4 Å². The largest absolute Gasteiger partial charge is 0.378 e. The first-order chi connectivity index (χ1) is 11.5. The Morgan fingerprint density at radius 3 is 2.62 bits per heavy atom. The Kier molecular flexibility index (Phi) is 4.86. The van der Waals surface area contributed by atoms with Crippen molar-refractivity contribution in [3.05, 3.63) is 18.0 Å². The first kappa shape index (κ1) is 16.9. The fourth-order valence-corrected chi connectivity index (χ4v) is 3.20. The molecule has 0 aromatic carbocycles. The summed E-state index contributed by atoms with van der Waals surface area (Å²) in [4.78, 5) is 29.1. The zero-order valence-corrected chi connectivity index (χ0v) is 14.2. The molecule has 24 heavy (non-hydrogen) atoms. The summed E-state index contributed by atoms with van der Waals surface area (Å²) in [6.07, 6.45) is 1.62. The molecule has 0 saturated carbocycles. The summed E-state index contributed by atoms with van der Waals surface area (Å²) < 4.78 is 12.7. The summed E-state index contributed by atoms with van der Waals surface area (Å²) in [5, 5.41) is 4.14. The molecule has 1 aromatic heterocycles. The van der Waals surface area contributed by atoms with Gasteiger partial charge in [-0.3, -0.25) is 14.3 Å². The van der Waals surface area contributed by atoms with Gasteiger partial charge >= 0.3 is 0 Å². The van der Waals surface area contributed by atoms with Crippen LogP contribution in [0.25, 0.3) is 0 Å². The van der Waals surface area contributed by atoms with Gasteiger partial charge < -0.3 is 19.3 Å². The van der Waals surface area contributed by atoms with Crippen LogP contribution in [0.5, 0.6) is 0 Å². The number of rotatable bonds is 3. The molecule has 0 N–H and O–H groups in total. The van der Waals surface area contributed by atoms with E-state index >= 15 is 0 Å².